The molecule has 164 valence electrons. The Hall–Kier alpha value is -2.87. The van der Waals surface area contributed by atoms with Crippen LogP contribution in [-0.4, -0.2) is 37.4 Å². The second-order valence-corrected chi connectivity index (χ2v) is 8.14. The summed E-state index contributed by atoms with van der Waals surface area (Å²) in [5.41, 5.74) is 1.97. The number of halogens is 3. The van der Waals surface area contributed by atoms with Gasteiger partial charge in [-0.25, -0.2) is 0 Å². The normalized spacial score (nSPS) is 23.9. The molecule has 2 aromatic carbocycles. The summed E-state index contributed by atoms with van der Waals surface area (Å²) in [4.78, 5) is 18.3. The van der Waals surface area contributed by atoms with Crippen molar-refractivity contribution in [2.24, 2.45) is 4.99 Å². The highest BCUT2D eigenvalue weighted by molar-refractivity contribution is 6.13. The molecule has 1 N–H and O–H groups in total. The van der Waals surface area contributed by atoms with E-state index in [9.17, 15) is 18.0 Å². The van der Waals surface area contributed by atoms with Gasteiger partial charge in [0.2, 0.25) is 5.91 Å². The Morgan fingerprint density at radius 3 is 2.55 bits per heavy atom. The van der Waals surface area contributed by atoms with Crippen LogP contribution in [0.4, 0.5) is 30.2 Å². The Morgan fingerprint density at radius 2 is 1.87 bits per heavy atom. The first-order valence-corrected chi connectivity index (χ1v) is 10.2. The molecule has 31 heavy (non-hydrogen) atoms. The van der Waals surface area contributed by atoms with Crippen LogP contribution in [0.5, 0.6) is 0 Å². The molecular weight excluding hydrogens is 407 g/mol. The molecular formula is C23H24F3N3O2. The van der Waals surface area contributed by atoms with Gasteiger partial charge in [0, 0.05) is 30.7 Å². The minimum Gasteiger partial charge on any atom is -0.372 e. The van der Waals surface area contributed by atoms with Crippen LogP contribution in [0.1, 0.15) is 36.5 Å². The molecule has 0 bridgehead atoms. The highest BCUT2D eigenvalue weighted by Crippen LogP contribution is 2.40. The number of anilines is 2. The highest BCUT2D eigenvalue weighted by Gasteiger charge is 2.37. The van der Waals surface area contributed by atoms with E-state index in [0.717, 1.165) is 17.2 Å². The maximum absolute atomic E-state index is 13.9. The summed E-state index contributed by atoms with van der Waals surface area (Å²) in [5, 5.41) is 2.79. The third-order valence-corrected chi connectivity index (χ3v) is 5.59. The average molecular weight is 431 g/mol. The number of carbonyl (C=O) groups is 1. The summed E-state index contributed by atoms with van der Waals surface area (Å²) >= 11 is 0. The number of nitrogens with one attached hydrogen (secondary N) is 1. The van der Waals surface area contributed by atoms with Crippen molar-refractivity contribution in [3.63, 3.8) is 0 Å². The molecule has 3 unspecified atom stereocenters. The first kappa shape index (κ1) is 21.4. The molecule has 0 spiro atoms. The standard InChI is InChI=1S/C23H24F3N3O2/c1-13-5-4-6-19-21(13)17(22(30)28-19)10-27-16-7-8-20(18(9-16)23(24,25)26)29-11-14(2)31-15(3)12-29/h4-10,14-15,17H,11-12H2,1-3H3,(H,28,30). The lowest BCUT2D eigenvalue weighted by Gasteiger charge is -2.38. The van der Waals surface area contributed by atoms with E-state index in [1.807, 2.05) is 32.9 Å². The number of rotatable bonds is 3. The number of alkyl halides is 3. The molecule has 2 aliphatic heterocycles. The minimum absolute atomic E-state index is 0.119. The highest BCUT2D eigenvalue weighted by atomic mass is 19.4. The second kappa shape index (κ2) is 8.00. The lowest BCUT2D eigenvalue weighted by Crippen LogP contribution is -2.46. The number of morpholine rings is 1. The number of benzene rings is 2. The van der Waals surface area contributed by atoms with Crippen molar-refractivity contribution in [3.05, 3.63) is 53.1 Å². The van der Waals surface area contributed by atoms with E-state index in [0.29, 0.717) is 18.8 Å². The van der Waals surface area contributed by atoms with Crippen molar-refractivity contribution in [1.82, 2.24) is 0 Å². The molecule has 3 atom stereocenters. The van der Waals surface area contributed by atoms with Gasteiger partial charge in [0.25, 0.3) is 0 Å². The molecule has 8 heteroatoms. The molecule has 5 nitrogen and oxygen atoms in total. The summed E-state index contributed by atoms with van der Waals surface area (Å²) in [6.07, 6.45) is -3.43. The van der Waals surface area contributed by atoms with Crippen LogP contribution in [0.3, 0.4) is 0 Å². The topological polar surface area (TPSA) is 53.9 Å². The van der Waals surface area contributed by atoms with Crippen molar-refractivity contribution < 1.29 is 22.7 Å². The van der Waals surface area contributed by atoms with Gasteiger partial charge in [-0.2, -0.15) is 13.2 Å². The van der Waals surface area contributed by atoms with Crippen LogP contribution < -0.4 is 10.2 Å². The molecule has 0 aliphatic carbocycles. The van der Waals surface area contributed by atoms with E-state index < -0.39 is 17.7 Å². The third kappa shape index (κ3) is 4.30. The number of hydrogen-bond acceptors (Lipinski definition) is 4. The van der Waals surface area contributed by atoms with Crippen LogP contribution >= 0.6 is 0 Å². The molecule has 4 rings (SSSR count). The average Bonchev–Trinajstić information content (AvgIpc) is 3.01. The molecule has 1 saturated heterocycles. The van der Waals surface area contributed by atoms with Crippen molar-refractivity contribution in [2.45, 2.75) is 45.1 Å². The van der Waals surface area contributed by atoms with Crippen molar-refractivity contribution in [3.8, 4) is 0 Å². The zero-order valence-corrected chi connectivity index (χ0v) is 17.5. The SMILES string of the molecule is Cc1cccc2c1C(C=Nc1ccc(N3CC(C)OC(C)C3)c(C(F)(F)F)c1)C(=O)N2. The summed E-state index contributed by atoms with van der Waals surface area (Å²) in [7, 11) is 0. The second-order valence-electron chi connectivity index (χ2n) is 8.14. The van der Waals surface area contributed by atoms with Crippen LogP contribution in [0.15, 0.2) is 41.4 Å². The van der Waals surface area contributed by atoms with Gasteiger partial charge in [-0.05, 0) is 56.2 Å². The zero-order valence-electron chi connectivity index (χ0n) is 17.5. The number of hydrogen-bond donors (Lipinski definition) is 1. The zero-order chi connectivity index (χ0) is 22.3. The summed E-state index contributed by atoms with van der Waals surface area (Å²) < 4.78 is 47.2. The monoisotopic (exact) mass is 431 g/mol. The first-order valence-electron chi connectivity index (χ1n) is 10.2. The number of amides is 1. The van der Waals surface area contributed by atoms with Crippen molar-refractivity contribution in [2.75, 3.05) is 23.3 Å². The summed E-state index contributed by atoms with van der Waals surface area (Å²) in [5.74, 6) is -0.872. The minimum atomic E-state index is -4.53. The predicted molar refractivity (Wildman–Crippen MR) is 114 cm³/mol. The van der Waals surface area contributed by atoms with E-state index in [1.165, 1.54) is 12.3 Å². The first-order chi connectivity index (χ1) is 14.6. The number of fused-ring (bicyclic) bond motifs is 1. The molecule has 0 saturated carbocycles. The smallest absolute Gasteiger partial charge is 0.372 e. The van der Waals surface area contributed by atoms with Crippen LogP contribution in [0, 0.1) is 6.92 Å². The van der Waals surface area contributed by atoms with Gasteiger partial charge in [0.05, 0.1) is 23.5 Å². The van der Waals surface area contributed by atoms with Gasteiger partial charge in [0.15, 0.2) is 0 Å². The number of aryl methyl sites for hydroxylation is 1. The van der Waals surface area contributed by atoms with Gasteiger partial charge >= 0.3 is 6.18 Å². The maximum Gasteiger partial charge on any atom is 0.418 e. The third-order valence-electron chi connectivity index (χ3n) is 5.59. The molecule has 1 amide bonds. The van der Waals surface area contributed by atoms with Gasteiger partial charge in [0.1, 0.15) is 5.92 Å². The van der Waals surface area contributed by atoms with E-state index in [-0.39, 0.29) is 29.5 Å². The van der Waals surface area contributed by atoms with Gasteiger partial charge < -0.3 is 15.0 Å². The Balaban J connectivity index is 1.66. The lowest BCUT2D eigenvalue weighted by atomic mass is 9.97. The van der Waals surface area contributed by atoms with Crippen molar-refractivity contribution >= 4 is 29.2 Å². The fraction of sp³-hybridized carbons (Fsp3) is 0.391. The molecule has 2 aromatic rings. The Labute approximate surface area is 178 Å². The Bertz CT molecular complexity index is 1030. The molecule has 1 fully saturated rings. The summed E-state index contributed by atoms with van der Waals surface area (Å²) in [6, 6.07) is 9.58. The summed E-state index contributed by atoms with van der Waals surface area (Å²) in [6.45, 7) is 6.35. The van der Waals surface area contributed by atoms with Crippen LogP contribution in [0.2, 0.25) is 0 Å². The predicted octanol–water partition coefficient (Wildman–Crippen LogP) is 5.07. The fourth-order valence-corrected chi connectivity index (χ4v) is 4.33. The van der Waals surface area contributed by atoms with Gasteiger partial charge in [-0.3, -0.25) is 9.79 Å². The lowest BCUT2D eigenvalue weighted by molar-refractivity contribution is -0.137. The quantitative estimate of drug-likeness (QED) is 0.691. The number of ether oxygens (including phenoxy) is 1. The van der Waals surface area contributed by atoms with E-state index in [1.54, 1.807) is 17.0 Å². The number of aliphatic imine (C=N–C) groups is 1. The van der Waals surface area contributed by atoms with E-state index in [4.69, 9.17) is 4.74 Å². The molecule has 0 aromatic heterocycles. The van der Waals surface area contributed by atoms with Gasteiger partial charge in [-0.15, -0.1) is 0 Å². The molecule has 2 aliphatic rings. The largest absolute Gasteiger partial charge is 0.418 e. The Morgan fingerprint density at radius 1 is 1.16 bits per heavy atom. The van der Waals surface area contributed by atoms with Gasteiger partial charge in [-0.1, -0.05) is 12.1 Å². The number of carbonyl (C=O) groups excluding carboxylic acids is 1. The van der Waals surface area contributed by atoms with Crippen molar-refractivity contribution in [1.29, 1.82) is 0 Å². The molecule has 0 radical (unpaired) electrons. The van der Waals surface area contributed by atoms with E-state index >= 15 is 0 Å². The van der Waals surface area contributed by atoms with E-state index in [2.05, 4.69) is 10.3 Å². The molecule has 2 heterocycles. The number of nitrogens with zero attached hydrogens (tertiary/aromatic N) is 2. The Kier molecular flexibility index (Phi) is 5.51. The van der Waals surface area contributed by atoms with Crippen LogP contribution in [0.25, 0.3) is 0 Å². The fourth-order valence-electron chi connectivity index (χ4n) is 4.33. The van der Waals surface area contributed by atoms with Crippen LogP contribution in [-0.2, 0) is 15.7 Å². The maximum atomic E-state index is 13.9.